The molecular weight excluding hydrogens is 438 g/mol. The number of ether oxygens (including phenoxy) is 2. The van der Waals surface area contributed by atoms with Gasteiger partial charge < -0.3 is 24.5 Å². The first-order valence-corrected chi connectivity index (χ1v) is 10.6. The minimum Gasteiger partial charge on any atom is -0.459 e. The van der Waals surface area contributed by atoms with Crippen LogP contribution in [0.4, 0.5) is 4.79 Å². The quantitative estimate of drug-likeness (QED) is 0.576. The van der Waals surface area contributed by atoms with E-state index >= 15 is 0 Å². The number of hydrogen-bond donors (Lipinski definition) is 2. The van der Waals surface area contributed by atoms with Crippen molar-refractivity contribution >= 4 is 40.8 Å². The van der Waals surface area contributed by atoms with Crippen molar-refractivity contribution in [1.29, 1.82) is 0 Å². The lowest BCUT2D eigenvalue weighted by atomic mass is 10.2. The Hall–Kier alpha value is -3.73. The van der Waals surface area contributed by atoms with Gasteiger partial charge in [0.2, 0.25) is 12.7 Å². The number of nitrogens with one attached hydrogen (secondary N) is 2. The minimum absolute atomic E-state index is 0.0492. The SMILES string of the molecule is O=C(CCNC(=O)c1ccco1)NCCN1C(=O)SC(=Cc2ccc3c(c2)OCO3)C1=O. The average Bonchev–Trinajstić information content (AvgIpc) is 3.51. The summed E-state index contributed by atoms with van der Waals surface area (Å²) in [5.41, 5.74) is 0.713. The highest BCUT2D eigenvalue weighted by molar-refractivity contribution is 8.18. The molecule has 2 aromatic rings. The summed E-state index contributed by atoms with van der Waals surface area (Å²) in [6, 6.07) is 8.36. The van der Waals surface area contributed by atoms with E-state index in [-0.39, 0.29) is 44.5 Å². The van der Waals surface area contributed by atoms with Crippen LogP contribution in [-0.2, 0) is 9.59 Å². The van der Waals surface area contributed by atoms with Gasteiger partial charge in [0.25, 0.3) is 17.1 Å². The summed E-state index contributed by atoms with van der Waals surface area (Å²) in [6.45, 7) is 0.441. The van der Waals surface area contributed by atoms with E-state index in [9.17, 15) is 19.2 Å². The second kappa shape index (κ2) is 9.60. The first-order chi connectivity index (χ1) is 15.5. The first kappa shape index (κ1) is 21.5. The van der Waals surface area contributed by atoms with E-state index in [1.165, 1.54) is 12.3 Å². The van der Waals surface area contributed by atoms with E-state index < -0.39 is 17.1 Å². The Bertz CT molecular complexity index is 1080. The maximum Gasteiger partial charge on any atom is 0.293 e. The Balaban J connectivity index is 1.22. The normalized spacial score (nSPS) is 16.0. The van der Waals surface area contributed by atoms with Gasteiger partial charge in [-0.05, 0) is 47.7 Å². The van der Waals surface area contributed by atoms with E-state index in [0.29, 0.717) is 22.0 Å². The first-order valence-electron chi connectivity index (χ1n) is 9.74. The molecule has 2 aliphatic heterocycles. The van der Waals surface area contributed by atoms with Crippen molar-refractivity contribution in [2.45, 2.75) is 6.42 Å². The Morgan fingerprint density at radius 1 is 1.09 bits per heavy atom. The number of amides is 4. The zero-order valence-electron chi connectivity index (χ0n) is 16.8. The Labute approximate surface area is 186 Å². The summed E-state index contributed by atoms with van der Waals surface area (Å²) < 4.78 is 15.5. The van der Waals surface area contributed by atoms with E-state index in [4.69, 9.17) is 13.9 Å². The van der Waals surface area contributed by atoms with Crippen LogP contribution < -0.4 is 20.1 Å². The molecule has 2 N–H and O–H groups in total. The highest BCUT2D eigenvalue weighted by Gasteiger charge is 2.34. The van der Waals surface area contributed by atoms with Crippen LogP contribution in [0, 0.1) is 0 Å². The monoisotopic (exact) mass is 457 g/mol. The molecule has 1 fully saturated rings. The van der Waals surface area contributed by atoms with Crippen LogP contribution in [0.25, 0.3) is 6.08 Å². The van der Waals surface area contributed by atoms with Gasteiger partial charge >= 0.3 is 0 Å². The summed E-state index contributed by atoms with van der Waals surface area (Å²) in [6.07, 6.45) is 3.06. The molecule has 11 heteroatoms. The summed E-state index contributed by atoms with van der Waals surface area (Å²) in [5, 5.41) is 4.80. The number of thioether (sulfide) groups is 1. The zero-order valence-corrected chi connectivity index (χ0v) is 17.6. The zero-order chi connectivity index (χ0) is 22.5. The molecule has 4 rings (SSSR count). The van der Waals surface area contributed by atoms with E-state index in [1.54, 1.807) is 30.3 Å². The van der Waals surface area contributed by atoms with Gasteiger partial charge in [-0.25, -0.2) is 0 Å². The van der Waals surface area contributed by atoms with Gasteiger partial charge in [0.05, 0.1) is 11.2 Å². The van der Waals surface area contributed by atoms with Gasteiger partial charge in [-0.2, -0.15) is 0 Å². The third-order valence-electron chi connectivity index (χ3n) is 4.61. The second-order valence-corrected chi connectivity index (χ2v) is 7.77. The van der Waals surface area contributed by atoms with Crippen LogP contribution in [0.5, 0.6) is 11.5 Å². The number of rotatable bonds is 8. The molecule has 0 saturated carbocycles. The fourth-order valence-electron chi connectivity index (χ4n) is 3.03. The highest BCUT2D eigenvalue weighted by Crippen LogP contribution is 2.36. The number of carbonyl (C=O) groups excluding carboxylic acids is 4. The molecule has 32 heavy (non-hydrogen) atoms. The number of nitrogens with zero attached hydrogens (tertiary/aromatic N) is 1. The second-order valence-electron chi connectivity index (χ2n) is 6.78. The summed E-state index contributed by atoms with van der Waals surface area (Å²) in [5.74, 6) is 0.242. The molecule has 0 unspecified atom stereocenters. The predicted octanol–water partition coefficient (Wildman–Crippen LogP) is 1.98. The summed E-state index contributed by atoms with van der Waals surface area (Å²) in [7, 11) is 0. The van der Waals surface area contributed by atoms with E-state index in [2.05, 4.69) is 10.6 Å². The van der Waals surface area contributed by atoms with Crippen LogP contribution in [0.2, 0.25) is 0 Å². The van der Waals surface area contributed by atoms with Gasteiger partial charge in [-0.1, -0.05) is 6.07 Å². The standard InChI is InChI=1S/C21H19N3O7S/c25-18(5-6-23-19(26)15-2-1-9-29-15)22-7-8-24-20(27)17(32-21(24)28)11-13-3-4-14-16(10-13)31-12-30-14/h1-4,9-11H,5-8,12H2,(H,22,25)(H,23,26). The molecule has 0 radical (unpaired) electrons. The third-order valence-corrected chi connectivity index (χ3v) is 5.52. The minimum atomic E-state index is -0.419. The molecule has 1 aromatic carbocycles. The smallest absolute Gasteiger partial charge is 0.293 e. The molecule has 3 heterocycles. The van der Waals surface area contributed by atoms with Gasteiger partial charge in [0.15, 0.2) is 17.3 Å². The summed E-state index contributed by atoms with van der Waals surface area (Å²) >= 11 is 0.842. The van der Waals surface area contributed by atoms with Crippen LogP contribution in [0.15, 0.2) is 45.9 Å². The molecule has 1 aromatic heterocycles. The average molecular weight is 457 g/mol. The number of carbonyl (C=O) groups is 4. The van der Waals surface area contributed by atoms with Gasteiger partial charge in [0, 0.05) is 26.1 Å². The third kappa shape index (κ3) is 4.94. The number of fused-ring (bicyclic) bond motifs is 1. The van der Waals surface area contributed by atoms with Gasteiger partial charge in [-0.3, -0.25) is 24.1 Å². The van der Waals surface area contributed by atoms with Crippen LogP contribution in [0.1, 0.15) is 22.5 Å². The van der Waals surface area contributed by atoms with Crippen LogP contribution in [0.3, 0.4) is 0 Å². The molecule has 2 aliphatic rings. The lowest BCUT2D eigenvalue weighted by Gasteiger charge is -2.13. The topological polar surface area (TPSA) is 127 Å². The van der Waals surface area contributed by atoms with Crippen molar-refractivity contribution in [3.63, 3.8) is 0 Å². The fourth-order valence-corrected chi connectivity index (χ4v) is 3.89. The largest absolute Gasteiger partial charge is 0.459 e. The predicted molar refractivity (Wildman–Crippen MR) is 114 cm³/mol. The van der Waals surface area contributed by atoms with Crippen molar-refractivity contribution in [3.05, 3.63) is 52.8 Å². The maximum atomic E-state index is 12.6. The number of hydrogen-bond acceptors (Lipinski definition) is 8. The number of imide groups is 1. The van der Waals surface area contributed by atoms with Crippen molar-refractivity contribution in [3.8, 4) is 11.5 Å². The maximum absolute atomic E-state index is 12.6. The number of benzene rings is 1. The van der Waals surface area contributed by atoms with Crippen LogP contribution in [-0.4, -0.2) is 54.3 Å². The van der Waals surface area contributed by atoms with Gasteiger partial charge in [-0.15, -0.1) is 0 Å². The Kier molecular flexibility index (Phi) is 6.45. The van der Waals surface area contributed by atoms with E-state index in [1.807, 2.05) is 0 Å². The van der Waals surface area contributed by atoms with E-state index in [0.717, 1.165) is 16.7 Å². The molecule has 10 nitrogen and oxygen atoms in total. The molecule has 0 spiro atoms. The Morgan fingerprint density at radius 2 is 1.94 bits per heavy atom. The van der Waals surface area contributed by atoms with Gasteiger partial charge in [0.1, 0.15) is 0 Å². The fraction of sp³-hybridized carbons (Fsp3) is 0.238. The molecule has 0 aliphatic carbocycles. The molecule has 1 saturated heterocycles. The van der Waals surface area contributed by atoms with Crippen molar-refractivity contribution in [2.24, 2.45) is 0 Å². The number of furan rings is 1. The molecule has 0 atom stereocenters. The lowest BCUT2D eigenvalue weighted by molar-refractivity contribution is -0.124. The molecule has 166 valence electrons. The van der Waals surface area contributed by atoms with Crippen molar-refractivity contribution in [2.75, 3.05) is 26.4 Å². The molecule has 4 amide bonds. The lowest BCUT2D eigenvalue weighted by Crippen LogP contribution is -2.38. The molecule has 0 bridgehead atoms. The van der Waals surface area contributed by atoms with Crippen molar-refractivity contribution < 1.29 is 33.1 Å². The summed E-state index contributed by atoms with van der Waals surface area (Å²) in [4.78, 5) is 49.8. The highest BCUT2D eigenvalue weighted by atomic mass is 32.2. The van der Waals surface area contributed by atoms with Crippen LogP contribution >= 0.6 is 11.8 Å². The Morgan fingerprint density at radius 3 is 2.75 bits per heavy atom. The van der Waals surface area contributed by atoms with Crippen molar-refractivity contribution in [1.82, 2.24) is 15.5 Å². The molecular formula is C21H19N3O7S.